The minimum absolute atomic E-state index is 0.0129. The number of hydrogen-bond acceptors (Lipinski definition) is 5. The molecule has 1 saturated heterocycles. The van der Waals surface area contributed by atoms with Gasteiger partial charge in [0.15, 0.2) is 0 Å². The van der Waals surface area contributed by atoms with Gasteiger partial charge < -0.3 is 10.6 Å². The van der Waals surface area contributed by atoms with Crippen LogP contribution in [0.3, 0.4) is 0 Å². The fourth-order valence-corrected chi connectivity index (χ4v) is 5.56. The predicted octanol–water partition coefficient (Wildman–Crippen LogP) is 0.926. The molecule has 0 atom stereocenters. The van der Waals surface area contributed by atoms with Crippen molar-refractivity contribution >= 4 is 27.2 Å². The van der Waals surface area contributed by atoms with Crippen molar-refractivity contribution in [1.82, 2.24) is 20.2 Å². The topological polar surface area (TPSA) is 110 Å². The standard InChI is InChI=1S/C19H24N4O4S/c1-19(5-9-28(26,27)10-6-19)18(25)22-14-11-13(12-14)21-17(24)15-3-2-8-23-16(15)4-7-20-23/h2-4,7-8,13-14H,5-6,9-12H2,1H3,(H,21,24)(H,22,25). The summed E-state index contributed by atoms with van der Waals surface area (Å²) in [6.45, 7) is 1.83. The van der Waals surface area contributed by atoms with Crippen LogP contribution in [0.15, 0.2) is 30.6 Å². The van der Waals surface area contributed by atoms with Crippen molar-refractivity contribution in [2.45, 2.75) is 44.7 Å². The van der Waals surface area contributed by atoms with Gasteiger partial charge in [-0.2, -0.15) is 5.10 Å². The summed E-state index contributed by atoms with van der Waals surface area (Å²) in [5, 5.41) is 10.2. The third kappa shape index (κ3) is 3.63. The van der Waals surface area contributed by atoms with Crippen molar-refractivity contribution in [2.24, 2.45) is 5.41 Å². The fraction of sp³-hybridized carbons (Fsp3) is 0.526. The molecule has 0 unspecified atom stereocenters. The molecule has 2 N–H and O–H groups in total. The lowest BCUT2D eigenvalue weighted by Gasteiger charge is -2.39. The molecule has 4 rings (SSSR count). The molecule has 2 aromatic heterocycles. The Morgan fingerprint density at radius 3 is 2.54 bits per heavy atom. The molecular weight excluding hydrogens is 380 g/mol. The Morgan fingerprint density at radius 2 is 1.82 bits per heavy atom. The number of amides is 2. The van der Waals surface area contributed by atoms with Crippen LogP contribution in [0, 0.1) is 5.41 Å². The number of carbonyl (C=O) groups excluding carboxylic acids is 2. The smallest absolute Gasteiger partial charge is 0.253 e. The van der Waals surface area contributed by atoms with E-state index in [9.17, 15) is 18.0 Å². The molecule has 150 valence electrons. The third-order valence-electron chi connectivity index (χ3n) is 5.97. The van der Waals surface area contributed by atoms with Gasteiger partial charge in [-0.3, -0.25) is 9.59 Å². The van der Waals surface area contributed by atoms with E-state index in [1.165, 1.54) is 0 Å². The Kier molecular flexibility index (Phi) is 4.65. The first-order valence-corrected chi connectivity index (χ1v) is 11.3. The number of nitrogens with one attached hydrogen (secondary N) is 2. The van der Waals surface area contributed by atoms with Crippen LogP contribution >= 0.6 is 0 Å². The van der Waals surface area contributed by atoms with Crippen LogP contribution in [-0.4, -0.2) is 53.4 Å². The SMILES string of the molecule is CC1(C(=O)NC2CC(NC(=O)c3cccn4nccc34)C2)CCS(=O)(=O)CC1. The number of rotatable bonds is 4. The average molecular weight is 404 g/mol. The van der Waals surface area contributed by atoms with Crippen molar-refractivity contribution in [2.75, 3.05) is 11.5 Å². The number of nitrogens with zero attached hydrogens (tertiary/aromatic N) is 2. The normalized spacial score (nSPS) is 25.6. The summed E-state index contributed by atoms with van der Waals surface area (Å²) in [7, 11) is -3.00. The number of pyridine rings is 1. The van der Waals surface area contributed by atoms with E-state index in [0.717, 1.165) is 5.52 Å². The molecule has 2 aromatic rings. The first-order valence-electron chi connectivity index (χ1n) is 9.50. The molecular formula is C19H24N4O4S. The third-order valence-corrected chi connectivity index (χ3v) is 7.62. The van der Waals surface area contributed by atoms with Gasteiger partial charge >= 0.3 is 0 Å². The van der Waals surface area contributed by atoms with Gasteiger partial charge in [-0.1, -0.05) is 6.92 Å². The Hall–Kier alpha value is -2.42. The quantitative estimate of drug-likeness (QED) is 0.788. The lowest BCUT2D eigenvalue weighted by molar-refractivity contribution is -0.132. The predicted molar refractivity (Wildman–Crippen MR) is 104 cm³/mol. The van der Waals surface area contributed by atoms with E-state index in [4.69, 9.17) is 0 Å². The van der Waals surface area contributed by atoms with E-state index < -0.39 is 15.3 Å². The van der Waals surface area contributed by atoms with Gasteiger partial charge in [0, 0.05) is 23.7 Å². The van der Waals surface area contributed by atoms with Crippen LogP contribution in [-0.2, 0) is 14.6 Å². The van der Waals surface area contributed by atoms with Crippen LogP contribution in [0.1, 0.15) is 43.0 Å². The number of hydrogen-bond donors (Lipinski definition) is 2. The van der Waals surface area contributed by atoms with Gasteiger partial charge in [0.25, 0.3) is 5.91 Å². The molecule has 0 radical (unpaired) electrons. The molecule has 2 fully saturated rings. The van der Waals surface area contributed by atoms with Gasteiger partial charge in [-0.25, -0.2) is 12.9 Å². The highest BCUT2D eigenvalue weighted by molar-refractivity contribution is 7.91. The number of sulfone groups is 1. The van der Waals surface area contributed by atoms with E-state index in [2.05, 4.69) is 15.7 Å². The highest BCUT2D eigenvalue weighted by atomic mass is 32.2. The van der Waals surface area contributed by atoms with Gasteiger partial charge in [0.05, 0.1) is 28.8 Å². The van der Waals surface area contributed by atoms with Gasteiger partial charge in [-0.15, -0.1) is 0 Å². The van der Waals surface area contributed by atoms with Crippen molar-refractivity contribution < 1.29 is 18.0 Å². The molecule has 3 heterocycles. The number of fused-ring (bicyclic) bond motifs is 1. The van der Waals surface area contributed by atoms with Crippen LogP contribution in [0.5, 0.6) is 0 Å². The maximum absolute atomic E-state index is 12.6. The van der Waals surface area contributed by atoms with Crippen molar-refractivity contribution in [1.29, 1.82) is 0 Å². The summed E-state index contributed by atoms with van der Waals surface area (Å²) in [6.07, 6.45) is 5.52. The zero-order valence-electron chi connectivity index (χ0n) is 15.7. The first kappa shape index (κ1) is 18.9. The Bertz CT molecular complexity index is 1010. The minimum Gasteiger partial charge on any atom is -0.353 e. The summed E-state index contributed by atoms with van der Waals surface area (Å²) in [5.41, 5.74) is 0.699. The molecule has 1 aliphatic heterocycles. The molecule has 8 nitrogen and oxygen atoms in total. The largest absolute Gasteiger partial charge is 0.353 e. The Morgan fingerprint density at radius 1 is 1.14 bits per heavy atom. The summed E-state index contributed by atoms with van der Waals surface area (Å²) >= 11 is 0. The number of carbonyl (C=O) groups is 2. The molecule has 0 bridgehead atoms. The van der Waals surface area contributed by atoms with E-state index in [1.807, 2.05) is 6.92 Å². The highest BCUT2D eigenvalue weighted by Gasteiger charge is 2.41. The van der Waals surface area contributed by atoms with Crippen LogP contribution < -0.4 is 10.6 Å². The molecule has 0 spiro atoms. The van der Waals surface area contributed by atoms with Crippen LogP contribution in [0.4, 0.5) is 0 Å². The van der Waals surface area contributed by atoms with Crippen LogP contribution in [0.25, 0.3) is 5.52 Å². The Labute approximate surface area is 163 Å². The summed E-state index contributed by atoms with van der Waals surface area (Å²) in [5.74, 6) is -0.0904. The molecule has 9 heteroatoms. The van der Waals surface area contributed by atoms with Crippen molar-refractivity contribution in [3.8, 4) is 0 Å². The second-order valence-corrected chi connectivity index (χ2v) is 10.4. The van der Waals surface area contributed by atoms with Crippen LogP contribution in [0.2, 0.25) is 0 Å². The van der Waals surface area contributed by atoms with E-state index in [1.54, 1.807) is 35.1 Å². The summed E-state index contributed by atoms with van der Waals surface area (Å²) in [4.78, 5) is 25.1. The van der Waals surface area contributed by atoms with Crippen molar-refractivity contribution in [3.05, 3.63) is 36.2 Å². The molecule has 2 amide bonds. The molecule has 0 aromatic carbocycles. The molecule has 1 saturated carbocycles. The zero-order chi connectivity index (χ0) is 19.9. The van der Waals surface area contributed by atoms with E-state index in [-0.39, 0.29) is 35.4 Å². The number of aromatic nitrogens is 2. The second kappa shape index (κ2) is 6.88. The summed E-state index contributed by atoms with van der Waals surface area (Å²) < 4.78 is 24.9. The molecule has 28 heavy (non-hydrogen) atoms. The first-order chi connectivity index (χ1) is 13.3. The monoisotopic (exact) mass is 404 g/mol. The fourth-order valence-electron chi connectivity index (χ4n) is 3.84. The van der Waals surface area contributed by atoms with E-state index >= 15 is 0 Å². The maximum atomic E-state index is 12.6. The average Bonchev–Trinajstić information content (AvgIpc) is 3.11. The zero-order valence-corrected chi connectivity index (χ0v) is 16.5. The van der Waals surface area contributed by atoms with Gasteiger partial charge in [0.2, 0.25) is 5.91 Å². The van der Waals surface area contributed by atoms with Gasteiger partial charge in [-0.05, 0) is 43.9 Å². The maximum Gasteiger partial charge on any atom is 0.253 e. The molecule has 1 aliphatic carbocycles. The minimum atomic E-state index is -3.00. The highest BCUT2D eigenvalue weighted by Crippen LogP contribution is 2.33. The lowest BCUT2D eigenvalue weighted by atomic mass is 9.81. The Balaban J connectivity index is 1.29. The van der Waals surface area contributed by atoms with Crippen molar-refractivity contribution in [3.63, 3.8) is 0 Å². The second-order valence-electron chi connectivity index (χ2n) is 8.11. The summed E-state index contributed by atoms with van der Waals surface area (Å²) in [6, 6.07) is 5.37. The lowest BCUT2D eigenvalue weighted by Crippen LogP contribution is -2.56. The molecule has 2 aliphatic rings. The van der Waals surface area contributed by atoms with E-state index in [0.29, 0.717) is 31.2 Å². The van der Waals surface area contributed by atoms with Gasteiger partial charge in [0.1, 0.15) is 9.84 Å².